The normalized spacial score (nSPS) is 12.4. The van der Waals surface area contributed by atoms with Gasteiger partial charge in [-0.15, -0.1) is 0 Å². The standard InChI is InChI=1S/C30H33F2N3O/c1-6-7-21-9-11-27(28(33)19(21)5)35-29(34-26-12-18(4)8-10-24(26)30(35)36)25(17(2)3)15-20-13-22(31)16-23(32)14-20/h8-14,16-17,25H,6-7,15,33H2,1-5H3. The molecule has 1 heterocycles. The lowest BCUT2D eigenvalue weighted by atomic mass is 9.87. The number of nitrogen functional groups attached to an aromatic ring is 1. The van der Waals surface area contributed by atoms with Crippen molar-refractivity contribution < 1.29 is 8.78 Å². The van der Waals surface area contributed by atoms with Gasteiger partial charge in [-0.2, -0.15) is 0 Å². The van der Waals surface area contributed by atoms with Gasteiger partial charge in [-0.05, 0) is 85.2 Å². The summed E-state index contributed by atoms with van der Waals surface area (Å²) in [6.45, 7) is 10.1. The van der Waals surface area contributed by atoms with E-state index in [0.717, 1.165) is 35.6 Å². The van der Waals surface area contributed by atoms with Gasteiger partial charge in [0, 0.05) is 12.0 Å². The van der Waals surface area contributed by atoms with E-state index in [1.165, 1.54) is 12.1 Å². The van der Waals surface area contributed by atoms with Gasteiger partial charge in [0.2, 0.25) is 0 Å². The molecule has 0 amide bonds. The van der Waals surface area contributed by atoms with Gasteiger partial charge in [0.1, 0.15) is 17.5 Å². The molecule has 0 aliphatic rings. The SMILES string of the molecule is CCCc1ccc(-n2c(C(Cc3cc(F)cc(F)c3)C(C)C)nc3cc(C)ccc3c2=O)c(N)c1C. The fraction of sp³-hybridized carbons (Fsp3) is 0.333. The predicted molar refractivity (Wildman–Crippen MR) is 143 cm³/mol. The summed E-state index contributed by atoms with van der Waals surface area (Å²) in [5.74, 6) is -0.985. The molecule has 0 fully saturated rings. The summed E-state index contributed by atoms with van der Waals surface area (Å²) >= 11 is 0. The minimum Gasteiger partial charge on any atom is -0.397 e. The van der Waals surface area contributed by atoms with E-state index >= 15 is 0 Å². The number of aromatic nitrogens is 2. The Morgan fingerprint density at radius 2 is 1.69 bits per heavy atom. The maximum atomic E-state index is 14.0. The van der Waals surface area contributed by atoms with Gasteiger partial charge in [0.15, 0.2) is 0 Å². The molecule has 0 saturated heterocycles. The summed E-state index contributed by atoms with van der Waals surface area (Å²) in [5.41, 5.74) is 11.7. The van der Waals surface area contributed by atoms with Crippen LogP contribution >= 0.6 is 0 Å². The van der Waals surface area contributed by atoms with Crippen LogP contribution in [0.1, 0.15) is 61.2 Å². The van der Waals surface area contributed by atoms with Crippen molar-refractivity contribution in [3.8, 4) is 5.69 Å². The van der Waals surface area contributed by atoms with Crippen molar-refractivity contribution in [1.29, 1.82) is 0 Å². The first kappa shape index (κ1) is 25.5. The molecule has 3 aromatic carbocycles. The molecule has 0 radical (unpaired) electrons. The molecule has 0 saturated carbocycles. The van der Waals surface area contributed by atoms with E-state index in [2.05, 4.69) is 6.92 Å². The van der Waals surface area contributed by atoms with Crippen LogP contribution in [0.25, 0.3) is 16.6 Å². The van der Waals surface area contributed by atoms with E-state index in [9.17, 15) is 13.6 Å². The smallest absolute Gasteiger partial charge is 0.266 e. The molecule has 188 valence electrons. The van der Waals surface area contributed by atoms with Gasteiger partial charge in [0.05, 0.1) is 22.3 Å². The summed E-state index contributed by atoms with van der Waals surface area (Å²) < 4.78 is 29.6. The van der Waals surface area contributed by atoms with Gasteiger partial charge in [-0.3, -0.25) is 9.36 Å². The molecule has 4 nitrogen and oxygen atoms in total. The van der Waals surface area contributed by atoms with Crippen LogP contribution in [-0.4, -0.2) is 9.55 Å². The molecule has 0 aliphatic carbocycles. The second-order valence-electron chi connectivity index (χ2n) is 10.00. The Labute approximate surface area is 210 Å². The summed E-state index contributed by atoms with van der Waals surface area (Å²) in [6, 6.07) is 13.0. The highest BCUT2D eigenvalue weighted by molar-refractivity contribution is 5.79. The molecule has 0 bridgehead atoms. The van der Waals surface area contributed by atoms with Crippen LogP contribution in [0, 0.1) is 31.4 Å². The summed E-state index contributed by atoms with van der Waals surface area (Å²) in [6.07, 6.45) is 2.21. The van der Waals surface area contributed by atoms with E-state index in [0.29, 0.717) is 40.1 Å². The van der Waals surface area contributed by atoms with Gasteiger partial charge < -0.3 is 5.73 Å². The molecule has 1 unspecified atom stereocenters. The highest BCUT2D eigenvalue weighted by Crippen LogP contribution is 2.33. The number of hydrogen-bond donors (Lipinski definition) is 1. The second-order valence-corrected chi connectivity index (χ2v) is 10.00. The number of nitrogens with zero attached hydrogens (tertiary/aromatic N) is 2. The Morgan fingerprint density at radius 3 is 2.33 bits per heavy atom. The number of aryl methyl sites for hydroxylation is 2. The van der Waals surface area contributed by atoms with Crippen LogP contribution in [0.3, 0.4) is 0 Å². The number of rotatable bonds is 7. The highest BCUT2D eigenvalue weighted by atomic mass is 19.1. The number of halogens is 2. The summed E-state index contributed by atoms with van der Waals surface area (Å²) in [7, 11) is 0. The molecule has 1 aromatic heterocycles. The van der Waals surface area contributed by atoms with E-state index in [1.807, 2.05) is 52.0 Å². The zero-order valence-corrected chi connectivity index (χ0v) is 21.5. The molecule has 0 aliphatic heterocycles. The first-order valence-electron chi connectivity index (χ1n) is 12.5. The zero-order chi connectivity index (χ0) is 26.1. The second kappa shape index (κ2) is 10.2. The van der Waals surface area contributed by atoms with Crippen LogP contribution in [0.15, 0.2) is 53.3 Å². The minimum absolute atomic E-state index is 0.0263. The lowest BCUT2D eigenvalue weighted by molar-refractivity contribution is 0.460. The molecule has 6 heteroatoms. The quantitative estimate of drug-likeness (QED) is 0.291. The van der Waals surface area contributed by atoms with Crippen LogP contribution in [0.4, 0.5) is 14.5 Å². The maximum Gasteiger partial charge on any atom is 0.266 e. The third-order valence-corrected chi connectivity index (χ3v) is 6.93. The average Bonchev–Trinajstić information content (AvgIpc) is 2.80. The van der Waals surface area contributed by atoms with Crippen molar-refractivity contribution in [2.45, 2.75) is 59.8 Å². The number of nitrogens with two attached hydrogens (primary N) is 1. The molecule has 2 N–H and O–H groups in total. The van der Waals surface area contributed by atoms with Gasteiger partial charge in [-0.1, -0.05) is 39.3 Å². The summed E-state index contributed by atoms with van der Waals surface area (Å²) in [5, 5.41) is 0.498. The van der Waals surface area contributed by atoms with Gasteiger partial charge in [-0.25, -0.2) is 13.8 Å². The van der Waals surface area contributed by atoms with Crippen molar-refractivity contribution in [2.75, 3.05) is 5.73 Å². The molecular formula is C30H33F2N3O. The fourth-order valence-electron chi connectivity index (χ4n) is 4.90. The predicted octanol–water partition coefficient (Wildman–Crippen LogP) is 6.80. The Hall–Kier alpha value is -3.54. The molecule has 0 spiro atoms. The van der Waals surface area contributed by atoms with Crippen LogP contribution in [0.2, 0.25) is 0 Å². The van der Waals surface area contributed by atoms with Crippen molar-refractivity contribution >= 4 is 16.6 Å². The van der Waals surface area contributed by atoms with E-state index in [4.69, 9.17) is 10.7 Å². The number of fused-ring (bicyclic) bond motifs is 1. The minimum atomic E-state index is -0.627. The third-order valence-electron chi connectivity index (χ3n) is 6.93. The topological polar surface area (TPSA) is 60.9 Å². The van der Waals surface area contributed by atoms with E-state index in [1.54, 1.807) is 10.6 Å². The Morgan fingerprint density at radius 1 is 1.00 bits per heavy atom. The van der Waals surface area contributed by atoms with Crippen LogP contribution in [0.5, 0.6) is 0 Å². The first-order valence-corrected chi connectivity index (χ1v) is 12.5. The Kier molecular flexibility index (Phi) is 7.25. The van der Waals surface area contributed by atoms with Gasteiger partial charge >= 0.3 is 0 Å². The van der Waals surface area contributed by atoms with Crippen molar-refractivity contribution in [3.63, 3.8) is 0 Å². The average molecular weight is 490 g/mol. The van der Waals surface area contributed by atoms with Crippen molar-refractivity contribution in [3.05, 3.63) is 98.6 Å². The number of hydrogen-bond acceptors (Lipinski definition) is 3. The van der Waals surface area contributed by atoms with E-state index in [-0.39, 0.29) is 17.4 Å². The van der Waals surface area contributed by atoms with Crippen molar-refractivity contribution in [2.24, 2.45) is 5.92 Å². The lowest BCUT2D eigenvalue weighted by Gasteiger charge is -2.26. The number of benzene rings is 3. The Bertz CT molecular complexity index is 1470. The lowest BCUT2D eigenvalue weighted by Crippen LogP contribution is -2.29. The first-order chi connectivity index (χ1) is 17.1. The monoisotopic (exact) mass is 489 g/mol. The molecular weight excluding hydrogens is 456 g/mol. The van der Waals surface area contributed by atoms with Gasteiger partial charge in [0.25, 0.3) is 5.56 Å². The third kappa shape index (κ3) is 4.90. The molecule has 1 atom stereocenters. The highest BCUT2D eigenvalue weighted by Gasteiger charge is 2.26. The molecule has 4 rings (SSSR count). The molecule has 36 heavy (non-hydrogen) atoms. The van der Waals surface area contributed by atoms with Crippen molar-refractivity contribution in [1.82, 2.24) is 9.55 Å². The van der Waals surface area contributed by atoms with E-state index < -0.39 is 11.6 Å². The van der Waals surface area contributed by atoms with Crippen LogP contribution < -0.4 is 11.3 Å². The molecule has 4 aromatic rings. The largest absolute Gasteiger partial charge is 0.397 e. The number of anilines is 1. The maximum absolute atomic E-state index is 14.0. The Balaban J connectivity index is 2.01. The van der Waals surface area contributed by atoms with Crippen LogP contribution in [-0.2, 0) is 12.8 Å². The zero-order valence-electron chi connectivity index (χ0n) is 21.5. The fourth-order valence-corrected chi connectivity index (χ4v) is 4.90. The summed E-state index contributed by atoms with van der Waals surface area (Å²) in [4.78, 5) is 19.0.